The Morgan fingerprint density at radius 1 is 1.23 bits per heavy atom. The molecule has 3 rings (SSSR count). The number of hydrogen-bond acceptors (Lipinski definition) is 5. The average molecular weight is 322 g/mol. The van der Waals surface area contributed by atoms with Gasteiger partial charge in [-0.05, 0) is 25.2 Å². The van der Waals surface area contributed by atoms with Gasteiger partial charge in [-0.2, -0.15) is 16.9 Å². The molecule has 5 nitrogen and oxygen atoms in total. The van der Waals surface area contributed by atoms with E-state index in [1.807, 2.05) is 11.8 Å². The van der Waals surface area contributed by atoms with Gasteiger partial charge >= 0.3 is 0 Å². The van der Waals surface area contributed by atoms with Gasteiger partial charge in [-0.25, -0.2) is 4.68 Å². The van der Waals surface area contributed by atoms with Crippen molar-refractivity contribution in [2.75, 3.05) is 38.5 Å². The lowest BCUT2D eigenvalue weighted by Gasteiger charge is -2.36. The summed E-state index contributed by atoms with van der Waals surface area (Å²) in [6.45, 7) is 10.6. The second kappa shape index (κ2) is 7.15. The molecule has 6 heteroatoms. The Bertz CT molecular complexity index is 564. The highest BCUT2D eigenvalue weighted by Gasteiger charge is 2.19. The lowest BCUT2D eigenvalue weighted by molar-refractivity contribution is 0.105. The Balaban J connectivity index is 1.57. The molecule has 2 aliphatic heterocycles. The SMILES string of the molecule is CC(C)N1CCN(CCn2nc3c(cc2=O)CSCC3)CC1. The van der Waals surface area contributed by atoms with Crippen molar-refractivity contribution in [3.63, 3.8) is 0 Å². The molecule has 3 heterocycles. The van der Waals surface area contributed by atoms with E-state index in [2.05, 4.69) is 28.7 Å². The highest BCUT2D eigenvalue weighted by molar-refractivity contribution is 7.98. The summed E-state index contributed by atoms with van der Waals surface area (Å²) in [4.78, 5) is 17.1. The van der Waals surface area contributed by atoms with Crippen LogP contribution in [-0.4, -0.2) is 64.1 Å². The first-order valence-electron chi connectivity index (χ1n) is 8.27. The van der Waals surface area contributed by atoms with Crippen molar-refractivity contribution in [3.05, 3.63) is 27.7 Å². The molecular weight excluding hydrogens is 296 g/mol. The quantitative estimate of drug-likeness (QED) is 0.829. The fourth-order valence-electron chi connectivity index (χ4n) is 3.15. The van der Waals surface area contributed by atoms with E-state index in [1.165, 1.54) is 0 Å². The van der Waals surface area contributed by atoms with E-state index in [9.17, 15) is 4.79 Å². The fourth-order valence-corrected chi connectivity index (χ4v) is 4.10. The third kappa shape index (κ3) is 3.73. The maximum Gasteiger partial charge on any atom is 0.267 e. The molecule has 122 valence electrons. The van der Waals surface area contributed by atoms with Crippen molar-refractivity contribution in [3.8, 4) is 0 Å². The Morgan fingerprint density at radius 3 is 2.73 bits per heavy atom. The van der Waals surface area contributed by atoms with Crippen LogP contribution in [0.25, 0.3) is 0 Å². The van der Waals surface area contributed by atoms with Crippen LogP contribution in [0.5, 0.6) is 0 Å². The van der Waals surface area contributed by atoms with Gasteiger partial charge in [0.1, 0.15) is 0 Å². The molecular formula is C16H26N4OS. The highest BCUT2D eigenvalue weighted by Crippen LogP contribution is 2.21. The molecule has 0 bridgehead atoms. The van der Waals surface area contributed by atoms with Gasteiger partial charge in [0.2, 0.25) is 0 Å². The highest BCUT2D eigenvalue weighted by atomic mass is 32.2. The summed E-state index contributed by atoms with van der Waals surface area (Å²) >= 11 is 1.89. The van der Waals surface area contributed by atoms with E-state index in [1.54, 1.807) is 10.7 Å². The van der Waals surface area contributed by atoms with Gasteiger partial charge < -0.3 is 0 Å². The van der Waals surface area contributed by atoms with Crippen molar-refractivity contribution >= 4 is 11.8 Å². The third-order valence-electron chi connectivity index (χ3n) is 4.67. The predicted molar refractivity (Wildman–Crippen MR) is 91.5 cm³/mol. The standard InChI is InChI=1S/C16H26N4OS/c1-13(2)19-7-4-18(5-8-19)6-9-20-16(21)11-14-12-22-10-3-15(14)17-20/h11,13H,3-10,12H2,1-2H3. The minimum Gasteiger partial charge on any atom is -0.299 e. The molecule has 0 aliphatic carbocycles. The Kier molecular flexibility index (Phi) is 5.21. The Morgan fingerprint density at radius 2 is 2.00 bits per heavy atom. The van der Waals surface area contributed by atoms with E-state index in [4.69, 9.17) is 0 Å². The topological polar surface area (TPSA) is 41.4 Å². The van der Waals surface area contributed by atoms with Crippen LogP contribution in [-0.2, 0) is 18.7 Å². The van der Waals surface area contributed by atoms with E-state index >= 15 is 0 Å². The molecule has 0 amide bonds. The summed E-state index contributed by atoms with van der Waals surface area (Å²) in [7, 11) is 0. The summed E-state index contributed by atoms with van der Waals surface area (Å²) < 4.78 is 1.67. The van der Waals surface area contributed by atoms with Gasteiger partial charge in [-0.1, -0.05) is 0 Å². The first kappa shape index (κ1) is 16.0. The van der Waals surface area contributed by atoms with E-state index in [-0.39, 0.29) is 5.56 Å². The molecule has 22 heavy (non-hydrogen) atoms. The summed E-state index contributed by atoms with van der Waals surface area (Å²) in [5.41, 5.74) is 2.33. The second-order valence-corrected chi connectivity index (χ2v) is 7.56. The number of aryl methyl sites for hydroxylation is 1. The first-order valence-corrected chi connectivity index (χ1v) is 9.43. The number of fused-ring (bicyclic) bond motifs is 1. The minimum atomic E-state index is 0.0575. The van der Waals surface area contributed by atoms with E-state index in [0.29, 0.717) is 12.6 Å². The summed E-state index contributed by atoms with van der Waals surface area (Å²) in [5, 5.41) is 4.59. The largest absolute Gasteiger partial charge is 0.299 e. The normalized spacial score (nSPS) is 20.3. The van der Waals surface area contributed by atoms with Crippen LogP contribution in [0.2, 0.25) is 0 Å². The molecule has 0 atom stereocenters. The van der Waals surface area contributed by atoms with Crippen LogP contribution in [0.15, 0.2) is 10.9 Å². The zero-order valence-corrected chi connectivity index (χ0v) is 14.4. The van der Waals surface area contributed by atoms with Crippen LogP contribution in [0.4, 0.5) is 0 Å². The maximum atomic E-state index is 12.2. The van der Waals surface area contributed by atoms with Gasteiger partial charge in [0.05, 0.1) is 12.2 Å². The predicted octanol–water partition coefficient (Wildman–Crippen LogP) is 1.06. The number of nitrogens with zero attached hydrogens (tertiary/aromatic N) is 4. The van der Waals surface area contributed by atoms with Gasteiger partial charge in [-0.3, -0.25) is 14.6 Å². The van der Waals surface area contributed by atoms with Crippen molar-refractivity contribution < 1.29 is 0 Å². The Hall–Kier alpha value is -0.850. The van der Waals surface area contributed by atoms with Gasteiger partial charge in [0.15, 0.2) is 0 Å². The maximum absolute atomic E-state index is 12.2. The monoisotopic (exact) mass is 322 g/mol. The number of thioether (sulfide) groups is 1. The minimum absolute atomic E-state index is 0.0575. The van der Waals surface area contributed by atoms with Crippen LogP contribution in [0.1, 0.15) is 25.1 Å². The third-order valence-corrected chi connectivity index (χ3v) is 5.68. The fraction of sp³-hybridized carbons (Fsp3) is 0.750. The van der Waals surface area contributed by atoms with Crippen LogP contribution < -0.4 is 5.56 Å². The van der Waals surface area contributed by atoms with Crippen molar-refractivity contribution in [2.45, 2.75) is 38.6 Å². The molecule has 1 fully saturated rings. The molecule has 0 unspecified atom stereocenters. The molecule has 1 aromatic rings. The molecule has 1 saturated heterocycles. The molecule has 2 aliphatic rings. The summed E-state index contributed by atoms with van der Waals surface area (Å²) in [6.07, 6.45) is 0.993. The van der Waals surface area contributed by atoms with Gasteiger partial charge in [0.25, 0.3) is 5.56 Å². The van der Waals surface area contributed by atoms with E-state index < -0.39 is 0 Å². The van der Waals surface area contributed by atoms with Gasteiger partial charge in [0, 0.05) is 57.0 Å². The summed E-state index contributed by atoms with van der Waals surface area (Å²) in [6, 6.07) is 2.43. The molecule has 0 radical (unpaired) electrons. The van der Waals surface area contributed by atoms with Crippen LogP contribution in [0, 0.1) is 0 Å². The molecule has 1 aromatic heterocycles. The molecule has 0 aromatic carbocycles. The number of piperazine rings is 1. The lowest BCUT2D eigenvalue weighted by Crippen LogP contribution is -2.49. The zero-order valence-electron chi connectivity index (χ0n) is 13.6. The van der Waals surface area contributed by atoms with Crippen molar-refractivity contribution in [1.82, 2.24) is 19.6 Å². The molecule has 0 spiro atoms. The Labute approximate surface area is 136 Å². The second-order valence-electron chi connectivity index (χ2n) is 6.45. The summed E-state index contributed by atoms with van der Waals surface area (Å²) in [5.74, 6) is 2.06. The lowest BCUT2D eigenvalue weighted by atomic mass is 10.2. The number of rotatable bonds is 4. The van der Waals surface area contributed by atoms with Crippen molar-refractivity contribution in [1.29, 1.82) is 0 Å². The van der Waals surface area contributed by atoms with Gasteiger partial charge in [-0.15, -0.1) is 0 Å². The van der Waals surface area contributed by atoms with Crippen LogP contribution in [0.3, 0.4) is 0 Å². The zero-order chi connectivity index (χ0) is 15.5. The van der Waals surface area contributed by atoms with E-state index in [0.717, 1.165) is 61.9 Å². The number of aromatic nitrogens is 2. The average Bonchev–Trinajstić information content (AvgIpc) is 2.53. The molecule has 0 saturated carbocycles. The van der Waals surface area contributed by atoms with Crippen molar-refractivity contribution in [2.24, 2.45) is 0 Å². The smallest absolute Gasteiger partial charge is 0.267 e. The molecule has 0 N–H and O–H groups in total. The number of hydrogen-bond donors (Lipinski definition) is 0. The van der Waals surface area contributed by atoms with Crippen LogP contribution >= 0.6 is 11.8 Å². The first-order chi connectivity index (χ1) is 10.6.